The molecule has 2 saturated carbocycles. The predicted molar refractivity (Wildman–Crippen MR) is 119 cm³/mol. The number of carbonyl (C=O) groups is 2. The second-order valence-electron chi connectivity index (χ2n) is 9.41. The Balaban J connectivity index is 1.34. The Morgan fingerprint density at radius 1 is 1.10 bits per heavy atom. The van der Waals surface area contributed by atoms with Gasteiger partial charge in [-0.25, -0.2) is 13.1 Å². The van der Waals surface area contributed by atoms with Crippen molar-refractivity contribution >= 4 is 27.5 Å². The van der Waals surface area contributed by atoms with Crippen LogP contribution in [0.15, 0.2) is 23.1 Å². The first-order valence-electron chi connectivity index (χ1n) is 11.5. The van der Waals surface area contributed by atoms with Crippen molar-refractivity contribution < 1.29 is 18.0 Å². The fourth-order valence-electron chi connectivity index (χ4n) is 4.83. The van der Waals surface area contributed by atoms with E-state index >= 15 is 0 Å². The second-order valence-corrected chi connectivity index (χ2v) is 11.2. The maximum absolute atomic E-state index is 12.7. The van der Waals surface area contributed by atoms with Crippen LogP contribution in [0.5, 0.6) is 0 Å². The van der Waals surface area contributed by atoms with Crippen LogP contribution in [0.1, 0.15) is 64.4 Å². The van der Waals surface area contributed by atoms with Crippen molar-refractivity contribution in [3.05, 3.63) is 23.8 Å². The van der Waals surface area contributed by atoms with Crippen LogP contribution in [0.3, 0.4) is 0 Å². The zero-order valence-electron chi connectivity index (χ0n) is 18.4. The van der Waals surface area contributed by atoms with Gasteiger partial charge < -0.3 is 10.2 Å². The Bertz CT molecular complexity index is 958. The quantitative estimate of drug-likeness (QED) is 0.672. The summed E-state index contributed by atoms with van der Waals surface area (Å²) in [7, 11) is -3.71. The zero-order chi connectivity index (χ0) is 22.2. The van der Waals surface area contributed by atoms with Gasteiger partial charge in [0.2, 0.25) is 21.8 Å². The van der Waals surface area contributed by atoms with E-state index in [4.69, 9.17) is 0 Å². The average molecular weight is 448 g/mol. The summed E-state index contributed by atoms with van der Waals surface area (Å²) in [4.78, 5) is 26.8. The number of hydrogen-bond acceptors (Lipinski definition) is 4. The summed E-state index contributed by atoms with van der Waals surface area (Å²) in [6.07, 6.45) is 7.11. The standard InChI is InChI=1S/C23H33N3O4S/c1-15-5-3-4-6-20(15)25-22(27)11-12-24-31(29,30)19-9-10-21-18(14-19)13-16(2)26(21)23(28)17-7-8-17/h9-10,14-17,20,24H,3-8,11-13H2,1-2H3,(H,25,27)/t15-,16+,20-/m1/s1. The number of nitrogens with zero attached hydrogens (tertiary/aromatic N) is 1. The average Bonchev–Trinajstić information content (AvgIpc) is 3.51. The van der Waals surface area contributed by atoms with Crippen molar-refractivity contribution in [2.24, 2.45) is 11.8 Å². The molecule has 4 rings (SSSR count). The van der Waals surface area contributed by atoms with Crippen molar-refractivity contribution in [1.82, 2.24) is 10.0 Å². The van der Waals surface area contributed by atoms with Crippen LogP contribution in [0, 0.1) is 11.8 Å². The zero-order valence-corrected chi connectivity index (χ0v) is 19.2. The van der Waals surface area contributed by atoms with Crippen LogP contribution in [-0.2, 0) is 26.0 Å². The molecule has 1 aliphatic heterocycles. The molecule has 0 unspecified atom stereocenters. The molecule has 1 heterocycles. The topological polar surface area (TPSA) is 95.6 Å². The molecule has 0 saturated heterocycles. The van der Waals surface area contributed by atoms with Crippen LogP contribution in [0.2, 0.25) is 0 Å². The van der Waals surface area contributed by atoms with Gasteiger partial charge in [0.15, 0.2) is 0 Å². The molecule has 31 heavy (non-hydrogen) atoms. The van der Waals surface area contributed by atoms with Gasteiger partial charge in [0.25, 0.3) is 0 Å². The van der Waals surface area contributed by atoms with Gasteiger partial charge in [0.1, 0.15) is 0 Å². The number of rotatable bonds is 7. The number of amides is 2. The molecule has 3 aliphatic rings. The normalized spacial score (nSPS) is 25.9. The molecule has 1 aromatic carbocycles. The van der Waals surface area contributed by atoms with Crippen molar-refractivity contribution in [2.45, 2.75) is 82.2 Å². The van der Waals surface area contributed by atoms with Gasteiger partial charge in [-0.05, 0) is 68.7 Å². The van der Waals surface area contributed by atoms with E-state index in [1.165, 1.54) is 6.42 Å². The Hall–Kier alpha value is -1.93. The Labute approximate surface area is 185 Å². The van der Waals surface area contributed by atoms with Gasteiger partial charge in [-0.2, -0.15) is 0 Å². The highest BCUT2D eigenvalue weighted by Crippen LogP contribution is 2.39. The molecule has 2 fully saturated rings. The minimum absolute atomic E-state index is 0.0416. The number of sulfonamides is 1. The van der Waals surface area contributed by atoms with Gasteiger partial charge in [0.05, 0.1) is 4.90 Å². The summed E-state index contributed by atoms with van der Waals surface area (Å²) in [5.74, 6) is 0.632. The summed E-state index contributed by atoms with van der Waals surface area (Å²) >= 11 is 0. The Kier molecular flexibility index (Phi) is 6.40. The molecule has 0 spiro atoms. The van der Waals surface area contributed by atoms with Crippen molar-refractivity contribution in [3.63, 3.8) is 0 Å². The lowest BCUT2D eigenvalue weighted by Crippen LogP contribution is -2.42. The molecule has 7 nitrogen and oxygen atoms in total. The Morgan fingerprint density at radius 3 is 2.55 bits per heavy atom. The molecule has 2 N–H and O–H groups in total. The minimum atomic E-state index is -3.71. The van der Waals surface area contributed by atoms with Crippen molar-refractivity contribution in [1.29, 1.82) is 0 Å². The largest absolute Gasteiger partial charge is 0.353 e. The lowest BCUT2D eigenvalue weighted by Gasteiger charge is -2.29. The molecule has 8 heteroatoms. The third-order valence-electron chi connectivity index (χ3n) is 6.84. The van der Waals surface area contributed by atoms with E-state index < -0.39 is 10.0 Å². The smallest absolute Gasteiger partial charge is 0.240 e. The van der Waals surface area contributed by atoms with E-state index in [9.17, 15) is 18.0 Å². The van der Waals surface area contributed by atoms with Gasteiger partial charge in [-0.15, -0.1) is 0 Å². The summed E-state index contributed by atoms with van der Waals surface area (Å²) in [5.41, 5.74) is 1.71. The highest BCUT2D eigenvalue weighted by molar-refractivity contribution is 7.89. The van der Waals surface area contributed by atoms with E-state index in [1.807, 2.05) is 11.8 Å². The maximum atomic E-state index is 12.7. The minimum Gasteiger partial charge on any atom is -0.353 e. The first-order valence-corrected chi connectivity index (χ1v) is 13.0. The SMILES string of the molecule is C[C@@H]1CCCC[C@H]1NC(=O)CCNS(=O)(=O)c1ccc2c(c1)C[C@H](C)N2C(=O)C1CC1. The predicted octanol–water partition coefficient (Wildman–Crippen LogP) is 2.74. The molecule has 0 radical (unpaired) electrons. The summed E-state index contributed by atoms with van der Waals surface area (Å²) < 4.78 is 28.0. The summed E-state index contributed by atoms with van der Waals surface area (Å²) in [5, 5.41) is 3.05. The first-order chi connectivity index (χ1) is 14.8. The lowest BCUT2D eigenvalue weighted by atomic mass is 9.86. The summed E-state index contributed by atoms with van der Waals surface area (Å²) in [6.45, 7) is 4.22. The first kappa shape index (κ1) is 22.3. The van der Waals surface area contributed by atoms with E-state index in [1.54, 1.807) is 18.2 Å². The van der Waals surface area contributed by atoms with Crippen LogP contribution in [0.4, 0.5) is 5.69 Å². The number of carbonyl (C=O) groups excluding carboxylic acids is 2. The van der Waals surface area contributed by atoms with Gasteiger partial charge >= 0.3 is 0 Å². The number of benzene rings is 1. The van der Waals surface area contributed by atoms with E-state index in [0.717, 1.165) is 43.4 Å². The van der Waals surface area contributed by atoms with Crippen LogP contribution < -0.4 is 14.9 Å². The molecular formula is C23H33N3O4S. The molecule has 0 bridgehead atoms. The number of hydrogen-bond donors (Lipinski definition) is 2. The fourth-order valence-corrected chi connectivity index (χ4v) is 5.91. The molecule has 0 aromatic heterocycles. The van der Waals surface area contributed by atoms with Crippen LogP contribution in [0.25, 0.3) is 0 Å². The maximum Gasteiger partial charge on any atom is 0.240 e. The van der Waals surface area contributed by atoms with E-state index in [2.05, 4.69) is 17.0 Å². The molecule has 1 aromatic rings. The van der Waals surface area contributed by atoms with Crippen molar-refractivity contribution in [3.8, 4) is 0 Å². The third-order valence-corrected chi connectivity index (χ3v) is 8.30. The highest BCUT2D eigenvalue weighted by atomic mass is 32.2. The number of anilines is 1. The lowest BCUT2D eigenvalue weighted by molar-refractivity contribution is -0.122. The molecular weight excluding hydrogens is 414 g/mol. The van der Waals surface area contributed by atoms with Crippen molar-refractivity contribution in [2.75, 3.05) is 11.4 Å². The van der Waals surface area contributed by atoms with Gasteiger partial charge in [-0.1, -0.05) is 19.8 Å². The summed E-state index contributed by atoms with van der Waals surface area (Å²) in [6, 6.07) is 5.19. The second kappa shape index (κ2) is 8.90. The molecule has 2 amide bonds. The fraction of sp³-hybridized carbons (Fsp3) is 0.652. The molecule has 3 atom stereocenters. The highest BCUT2D eigenvalue weighted by Gasteiger charge is 2.39. The number of nitrogens with one attached hydrogen (secondary N) is 2. The Morgan fingerprint density at radius 2 is 1.84 bits per heavy atom. The van der Waals surface area contributed by atoms with E-state index in [0.29, 0.717) is 12.3 Å². The van der Waals surface area contributed by atoms with Crippen LogP contribution >= 0.6 is 0 Å². The van der Waals surface area contributed by atoms with Gasteiger partial charge in [0, 0.05) is 36.7 Å². The number of fused-ring (bicyclic) bond motifs is 1. The van der Waals surface area contributed by atoms with Crippen LogP contribution in [-0.4, -0.2) is 38.9 Å². The monoisotopic (exact) mass is 447 g/mol. The molecule has 2 aliphatic carbocycles. The third kappa shape index (κ3) is 4.95. The van der Waals surface area contributed by atoms with Gasteiger partial charge in [-0.3, -0.25) is 9.59 Å². The van der Waals surface area contributed by atoms with E-state index in [-0.39, 0.29) is 47.7 Å². The molecule has 170 valence electrons.